The zero-order valence-electron chi connectivity index (χ0n) is 20.2. The van der Waals surface area contributed by atoms with Crippen molar-refractivity contribution < 1.29 is 18.0 Å². The average molecular weight is 500 g/mol. The molecule has 0 spiro atoms. The highest BCUT2D eigenvalue weighted by atomic mass is 32.2. The molecule has 9 nitrogen and oxygen atoms in total. The van der Waals surface area contributed by atoms with Crippen molar-refractivity contribution in [2.75, 3.05) is 44.6 Å². The van der Waals surface area contributed by atoms with Crippen molar-refractivity contribution in [1.82, 2.24) is 19.3 Å². The SMILES string of the molecule is CCCc1ccc(S(=O)(=O)N2CCN(CC(O)CNc3ccc(-c4noc(C)n4)cc3)CC2)cc1. The van der Waals surface area contributed by atoms with Gasteiger partial charge in [0.2, 0.25) is 21.7 Å². The van der Waals surface area contributed by atoms with Crippen LogP contribution in [-0.2, 0) is 16.4 Å². The third-order valence-electron chi connectivity index (χ3n) is 6.11. The quantitative estimate of drug-likeness (QED) is 0.438. The number of aliphatic hydroxyl groups is 1. The van der Waals surface area contributed by atoms with Crippen LogP contribution in [0.5, 0.6) is 0 Å². The molecule has 188 valence electrons. The van der Waals surface area contributed by atoms with Crippen LogP contribution >= 0.6 is 0 Å². The number of hydrogen-bond donors (Lipinski definition) is 2. The first-order valence-corrected chi connectivity index (χ1v) is 13.4. The molecule has 0 saturated carbocycles. The third kappa shape index (κ3) is 6.46. The van der Waals surface area contributed by atoms with Gasteiger partial charge in [-0.2, -0.15) is 9.29 Å². The van der Waals surface area contributed by atoms with Gasteiger partial charge in [-0.15, -0.1) is 0 Å². The highest BCUT2D eigenvalue weighted by Gasteiger charge is 2.29. The second-order valence-electron chi connectivity index (χ2n) is 8.85. The van der Waals surface area contributed by atoms with E-state index in [0.29, 0.717) is 55.9 Å². The van der Waals surface area contributed by atoms with E-state index >= 15 is 0 Å². The lowest BCUT2D eigenvalue weighted by Crippen LogP contribution is -2.50. The van der Waals surface area contributed by atoms with Crippen molar-refractivity contribution in [1.29, 1.82) is 0 Å². The molecule has 4 rings (SSSR count). The Balaban J connectivity index is 1.22. The summed E-state index contributed by atoms with van der Waals surface area (Å²) in [7, 11) is -3.50. The lowest BCUT2D eigenvalue weighted by molar-refractivity contribution is 0.0994. The first-order valence-electron chi connectivity index (χ1n) is 12.0. The number of rotatable bonds is 10. The number of piperazine rings is 1. The van der Waals surface area contributed by atoms with E-state index in [9.17, 15) is 13.5 Å². The average Bonchev–Trinajstić information content (AvgIpc) is 3.30. The molecule has 35 heavy (non-hydrogen) atoms. The molecule has 2 aromatic carbocycles. The monoisotopic (exact) mass is 499 g/mol. The van der Waals surface area contributed by atoms with Crippen LogP contribution in [0.4, 0.5) is 5.69 Å². The number of anilines is 1. The Morgan fingerprint density at radius 1 is 1.06 bits per heavy atom. The Morgan fingerprint density at radius 3 is 2.34 bits per heavy atom. The second-order valence-corrected chi connectivity index (χ2v) is 10.8. The van der Waals surface area contributed by atoms with E-state index in [1.807, 2.05) is 36.4 Å². The topological polar surface area (TPSA) is 112 Å². The van der Waals surface area contributed by atoms with Crippen LogP contribution < -0.4 is 5.32 Å². The number of aromatic nitrogens is 2. The van der Waals surface area contributed by atoms with Crippen LogP contribution in [0.25, 0.3) is 11.4 Å². The minimum absolute atomic E-state index is 0.343. The van der Waals surface area contributed by atoms with Gasteiger partial charge >= 0.3 is 0 Å². The number of aryl methyl sites for hydroxylation is 2. The Bertz CT molecular complexity index is 1190. The normalized spacial score (nSPS) is 16.3. The van der Waals surface area contributed by atoms with Crippen molar-refractivity contribution in [3.05, 3.63) is 60.0 Å². The van der Waals surface area contributed by atoms with Crippen LogP contribution in [-0.4, -0.2) is 78.2 Å². The summed E-state index contributed by atoms with van der Waals surface area (Å²) in [5.74, 6) is 1.06. The Morgan fingerprint density at radius 2 is 1.74 bits per heavy atom. The molecule has 0 amide bonds. The summed E-state index contributed by atoms with van der Waals surface area (Å²) in [6.07, 6.45) is 1.40. The van der Waals surface area contributed by atoms with Gasteiger partial charge in [-0.3, -0.25) is 4.90 Å². The molecule has 2 N–H and O–H groups in total. The summed E-state index contributed by atoms with van der Waals surface area (Å²) < 4.78 is 32.5. The summed E-state index contributed by atoms with van der Waals surface area (Å²) in [6, 6.07) is 14.8. The van der Waals surface area contributed by atoms with Crippen molar-refractivity contribution in [2.24, 2.45) is 0 Å². The van der Waals surface area contributed by atoms with Crippen LogP contribution in [0.15, 0.2) is 57.9 Å². The molecule has 1 aromatic heterocycles. The van der Waals surface area contributed by atoms with Gasteiger partial charge in [0.25, 0.3) is 0 Å². The van der Waals surface area contributed by atoms with E-state index in [-0.39, 0.29) is 0 Å². The molecule has 2 heterocycles. The number of aliphatic hydroxyl groups excluding tert-OH is 1. The van der Waals surface area contributed by atoms with E-state index in [1.165, 1.54) is 4.31 Å². The minimum Gasteiger partial charge on any atom is -0.390 e. The first kappa shape index (κ1) is 25.3. The Kier molecular flexibility index (Phi) is 8.17. The third-order valence-corrected chi connectivity index (χ3v) is 8.03. The zero-order valence-corrected chi connectivity index (χ0v) is 21.0. The maximum atomic E-state index is 13.0. The number of hydrogen-bond acceptors (Lipinski definition) is 8. The standard InChI is InChI=1S/C25H33N5O4S/c1-3-4-20-5-11-24(12-6-20)35(32,33)30-15-13-29(14-16-30)18-23(31)17-26-22-9-7-21(8-10-22)25-27-19(2)34-28-25/h5-12,23,26,31H,3-4,13-18H2,1-2H3. The van der Waals surface area contributed by atoms with Crippen molar-refractivity contribution in [2.45, 2.75) is 37.7 Å². The maximum Gasteiger partial charge on any atom is 0.243 e. The summed E-state index contributed by atoms with van der Waals surface area (Å²) in [6.45, 7) is 6.72. The molecule has 10 heteroatoms. The molecule has 3 aromatic rings. The molecule has 1 aliphatic heterocycles. The summed E-state index contributed by atoms with van der Waals surface area (Å²) in [5, 5.41) is 17.7. The largest absolute Gasteiger partial charge is 0.390 e. The van der Waals surface area contributed by atoms with E-state index in [2.05, 4.69) is 27.3 Å². The summed E-state index contributed by atoms with van der Waals surface area (Å²) in [5.41, 5.74) is 2.89. The smallest absolute Gasteiger partial charge is 0.243 e. The van der Waals surface area contributed by atoms with E-state index in [0.717, 1.165) is 29.7 Å². The molecule has 1 unspecified atom stereocenters. The number of nitrogens with one attached hydrogen (secondary N) is 1. The number of benzene rings is 2. The molecule has 1 aliphatic rings. The summed E-state index contributed by atoms with van der Waals surface area (Å²) >= 11 is 0. The minimum atomic E-state index is -3.50. The van der Waals surface area contributed by atoms with Gasteiger partial charge < -0.3 is 14.9 Å². The van der Waals surface area contributed by atoms with Crippen LogP contribution in [0.2, 0.25) is 0 Å². The fraction of sp³-hybridized carbons (Fsp3) is 0.440. The molecule has 0 radical (unpaired) electrons. The molecule has 0 aliphatic carbocycles. The molecule has 1 atom stereocenters. The fourth-order valence-electron chi connectivity index (χ4n) is 4.17. The van der Waals surface area contributed by atoms with Crippen molar-refractivity contribution in [3.8, 4) is 11.4 Å². The maximum absolute atomic E-state index is 13.0. The van der Waals surface area contributed by atoms with E-state index in [4.69, 9.17) is 4.52 Å². The Hall–Kier alpha value is -2.79. The van der Waals surface area contributed by atoms with Crippen LogP contribution in [0.3, 0.4) is 0 Å². The Labute approximate surface area is 206 Å². The van der Waals surface area contributed by atoms with Crippen LogP contribution in [0, 0.1) is 6.92 Å². The van der Waals surface area contributed by atoms with Gasteiger partial charge in [-0.05, 0) is 48.4 Å². The van der Waals surface area contributed by atoms with Gasteiger partial charge in [0.15, 0.2) is 0 Å². The van der Waals surface area contributed by atoms with Crippen molar-refractivity contribution in [3.63, 3.8) is 0 Å². The molecule has 1 fully saturated rings. The predicted octanol–water partition coefficient (Wildman–Crippen LogP) is 2.78. The van der Waals surface area contributed by atoms with Crippen molar-refractivity contribution >= 4 is 15.7 Å². The highest BCUT2D eigenvalue weighted by molar-refractivity contribution is 7.89. The number of sulfonamides is 1. The van der Waals surface area contributed by atoms with E-state index < -0.39 is 16.1 Å². The lowest BCUT2D eigenvalue weighted by Gasteiger charge is -2.35. The molecule has 1 saturated heterocycles. The van der Waals surface area contributed by atoms with Gasteiger partial charge in [0.1, 0.15) is 0 Å². The van der Waals surface area contributed by atoms with E-state index in [1.54, 1.807) is 19.1 Å². The predicted molar refractivity (Wildman–Crippen MR) is 135 cm³/mol. The summed E-state index contributed by atoms with van der Waals surface area (Å²) in [4.78, 5) is 6.66. The first-order chi connectivity index (χ1) is 16.8. The second kappa shape index (κ2) is 11.3. The molecular weight excluding hydrogens is 466 g/mol. The van der Waals surface area contributed by atoms with Gasteiger partial charge in [-0.1, -0.05) is 30.6 Å². The number of nitrogens with zero attached hydrogens (tertiary/aromatic N) is 4. The zero-order chi connectivity index (χ0) is 24.8. The lowest BCUT2D eigenvalue weighted by atomic mass is 10.1. The molecule has 0 bridgehead atoms. The highest BCUT2D eigenvalue weighted by Crippen LogP contribution is 2.20. The van der Waals surface area contributed by atoms with Gasteiger partial charge in [0, 0.05) is 57.4 Å². The number of β-amino-alcohol motifs (C(OH)–C–C–N with tert-alkyl or cyclic N) is 1. The van der Waals surface area contributed by atoms with Gasteiger partial charge in [-0.25, -0.2) is 8.42 Å². The molecular formula is C25H33N5O4S. The fourth-order valence-corrected chi connectivity index (χ4v) is 5.59. The van der Waals surface area contributed by atoms with Gasteiger partial charge in [0.05, 0.1) is 11.0 Å². The van der Waals surface area contributed by atoms with Crippen LogP contribution in [0.1, 0.15) is 24.8 Å².